The molecule has 4 heteroatoms. The van der Waals surface area contributed by atoms with Crippen molar-refractivity contribution in [3.63, 3.8) is 0 Å². The highest BCUT2D eigenvalue weighted by molar-refractivity contribution is 5.84. The van der Waals surface area contributed by atoms with E-state index in [1.165, 1.54) is 12.5 Å². The van der Waals surface area contributed by atoms with Gasteiger partial charge in [-0.2, -0.15) is 0 Å². The van der Waals surface area contributed by atoms with E-state index in [2.05, 4.69) is 32.9 Å². The van der Waals surface area contributed by atoms with Crippen molar-refractivity contribution in [3.8, 4) is 0 Å². The van der Waals surface area contributed by atoms with Crippen LogP contribution >= 0.6 is 0 Å². The Morgan fingerprint density at radius 3 is 1.52 bits per heavy atom. The van der Waals surface area contributed by atoms with Crippen LogP contribution in [0.25, 0.3) is 6.08 Å². The SMILES string of the molecule is C=C.C=C(C)C(=O)O.C=CC(=O)O.C=Cc1ccccc1. The van der Waals surface area contributed by atoms with Crippen LogP contribution in [-0.4, -0.2) is 22.2 Å². The highest BCUT2D eigenvalue weighted by Gasteiger charge is 1.90. The lowest BCUT2D eigenvalue weighted by molar-refractivity contribution is -0.133. The lowest BCUT2D eigenvalue weighted by atomic mass is 10.2. The smallest absolute Gasteiger partial charge is 0.330 e. The summed E-state index contributed by atoms with van der Waals surface area (Å²) >= 11 is 0. The largest absolute Gasteiger partial charge is 0.478 e. The molecular formula is C17H22O4. The molecule has 0 unspecified atom stereocenters. The third-order valence-electron chi connectivity index (χ3n) is 1.57. The minimum absolute atomic E-state index is 0.176. The van der Waals surface area contributed by atoms with Crippen LogP contribution in [0, 0.1) is 0 Å². The van der Waals surface area contributed by atoms with Crippen LogP contribution in [0.2, 0.25) is 0 Å². The normalized spacial score (nSPS) is 7.10. The van der Waals surface area contributed by atoms with E-state index >= 15 is 0 Å². The minimum Gasteiger partial charge on any atom is -0.478 e. The molecule has 21 heavy (non-hydrogen) atoms. The van der Waals surface area contributed by atoms with E-state index in [0.717, 1.165) is 6.08 Å². The molecular weight excluding hydrogens is 268 g/mol. The van der Waals surface area contributed by atoms with Gasteiger partial charge >= 0.3 is 11.9 Å². The number of hydrogen-bond acceptors (Lipinski definition) is 2. The Labute approximate surface area is 126 Å². The summed E-state index contributed by atoms with van der Waals surface area (Å²) in [5, 5.41) is 15.5. The van der Waals surface area contributed by atoms with Gasteiger partial charge in [-0.15, -0.1) is 13.2 Å². The average Bonchev–Trinajstić information content (AvgIpc) is 2.51. The monoisotopic (exact) mass is 290 g/mol. The molecule has 2 N–H and O–H groups in total. The van der Waals surface area contributed by atoms with E-state index in [0.29, 0.717) is 0 Å². The minimum atomic E-state index is -0.981. The quantitative estimate of drug-likeness (QED) is 0.651. The lowest BCUT2D eigenvalue weighted by Crippen LogP contribution is -1.92. The molecule has 0 heterocycles. The van der Waals surface area contributed by atoms with Gasteiger partial charge in [0.1, 0.15) is 0 Å². The summed E-state index contributed by atoms with van der Waals surface area (Å²) < 4.78 is 0. The Morgan fingerprint density at radius 1 is 1.05 bits per heavy atom. The van der Waals surface area contributed by atoms with Crippen molar-refractivity contribution in [2.24, 2.45) is 0 Å². The van der Waals surface area contributed by atoms with Crippen LogP contribution in [0.3, 0.4) is 0 Å². The molecule has 0 aromatic heterocycles. The van der Waals surface area contributed by atoms with Crippen molar-refractivity contribution in [2.45, 2.75) is 6.92 Å². The van der Waals surface area contributed by atoms with Crippen LogP contribution in [0.4, 0.5) is 0 Å². The second-order valence-corrected chi connectivity index (χ2v) is 3.24. The van der Waals surface area contributed by atoms with Gasteiger partial charge in [-0.3, -0.25) is 0 Å². The van der Waals surface area contributed by atoms with Gasteiger partial charge in [0.15, 0.2) is 0 Å². The summed E-state index contributed by atoms with van der Waals surface area (Å²) in [6.45, 7) is 17.2. The molecule has 0 fully saturated rings. The number of carboxylic acid groups (broad SMARTS) is 2. The first kappa shape index (κ1) is 23.2. The lowest BCUT2D eigenvalue weighted by Gasteiger charge is -1.85. The molecule has 1 aromatic rings. The van der Waals surface area contributed by atoms with Crippen molar-refractivity contribution in [1.29, 1.82) is 0 Å². The first-order valence-electron chi connectivity index (χ1n) is 5.76. The summed E-state index contributed by atoms with van der Waals surface area (Å²) in [5.74, 6) is -1.92. The Hall–Kier alpha value is -2.88. The van der Waals surface area contributed by atoms with E-state index in [-0.39, 0.29) is 5.57 Å². The van der Waals surface area contributed by atoms with E-state index in [4.69, 9.17) is 10.2 Å². The molecule has 1 aromatic carbocycles. The molecule has 0 radical (unpaired) electrons. The predicted octanol–water partition coefficient (Wildman–Crippen LogP) is 4.04. The summed E-state index contributed by atoms with van der Waals surface area (Å²) in [6.07, 6.45) is 2.67. The Balaban J connectivity index is -0.000000225. The molecule has 0 aliphatic heterocycles. The molecule has 0 atom stereocenters. The third kappa shape index (κ3) is 22.7. The van der Waals surface area contributed by atoms with Crippen LogP contribution in [0.15, 0.2) is 74.9 Å². The Morgan fingerprint density at radius 2 is 1.38 bits per heavy atom. The van der Waals surface area contributed by atoms with Gasteiger partial charge in [-0.1, -0.05) is 56.1 Å². The molecule has 1 rings (SSSR count). The van der Waals surface area contributed by atoms with E-state index in [1.54, 1.807) is 0 Å². The molecule has 0 spiro atoms. The van der Waals surface area contributed by atoms with Gasteiger partial charge in [0.05, 0.1) is 0 Å². The van der Waals surface area contributed by atoms with Crippen molar-refractivity contribution < 1.29 is 19.8 Å². The maximum absolute atomic E-state index is 9.60. The summed E-state index contributed by atoms with van der Waals surface area (Å²) in [4.78, 5) is 18.8. The highest BCUT2D eigenvalue weighted by atomic mass is 16.4. The molecule has 4 nitrogen and oxygen atoms in total. The first-order valence-corrected chi connectivity index (χ1v) is 5.76. The average molecular weight is 290 g/mol. The number of rotatable bonds is 3. The van der Waals surface area contributed by atoms with Crippen LogP contribution in [0.1, 0.15) is 12.5 Å². The first-order chi connectivity index (χ1) is 9.84. The number of aliphatic carboxylic acids is 2. The third-order valence-corrected chi connectivity index (χ3v) is 1.57. The number of carbonyl (C=O) groups is 2. The van der Waals surface area contributed by atoms with E-state index in [1.807, 2.05) is 36.4 Å². The molecule has 0 saturated carbocycles. The summed E-state index contributed by atoms with van der Waals surface area (Å²) in [6, 6.07) is 10.0. The highest BCUT2D eigenvalue weighted by Crippen LogP contribution is 1.97. The predicted molar refractivity (Wildman–Crippen MR) is 88.1 cm³/mol. The van der Waals surface area contributed by atoms with Crippen LogP contribution in [0.5, 0.6) is 0 Å². The zero-order chi connectivity index (χ0) is 17.3. The summed E-state index contributed by atoms with van der Waals surface area (Å²) in [7, 11) is 0. The van der Waals surface area contributed by atoms with Gasteiger partial charge in [0, 0.05) is 11.6 Å². The van der Waals surface area contributed by atoms with Gasteiger partial charge in [-0.25, -0.2) is 9.59 Å². The Kier molecular flexibility index (Phi) is 18.9. The van der Waals surface area contributed by atoms with Gasteiger partial charge in [0.25, 0.3) is 0 Å². The maximum Gasteiger partial charge on any atom is 0.330 e. The fourth-order valence-corrected chi connectivity index (χ4v) is 0.589. The molecule has 0 aliphatic rings. The van der Waals surface area contributed by atoms with Crippen LogP contribution in [-0.2, 0) is 9.59 Å². The van der Waals surface area contributed by atoms with Crippen molar-refractivity contribution in [1.82, 2.24) is 0 Å². The fourth-order valence-electron chi connectivity index (χ4n) is 0.589. The Bertz CT molecular complexity index is 435. The zero-order valence-electron chi connectivity index (χ0n) is 12.3. The van der Waals surface area contributed by atoms with Gasteiger partial charge in [0.2, 0.25) is 0 Å². The van der Waals surface area contributed by atoms with Crippen molar-refractivity contribution in [2.75, 3.05) is 0 Å². The molecule has 0 aliphatic carbocycles. The number of carboxylic acids is 2. The second kappa shape index (κ2) is 17.1. The molecule has 0 bridgehead atoms. The van der Waals surface area contributed by atoms with E-state index in [9.17, 15) is 9.59 Å². The van der Waals surface area contributed by atoms with Crippen molar-refractivity contribution in [3.05, 3.63) is 80.4 Å². The summed E-state index contributed by atoms with van der Waals surface area (Å²) in [5.41, 5.74) is 1.35. The molecule has 0 saturated heterocycles. The van der Waals surface area contributed by atoms with Crippen molar-refractivity contribution >= 4 is 18.0 Å². The molecule has 114 valence electrons. The number of hydrogen-bond donors (Lipinski definition) is 2. The standard InChI is InChI=1S/C8H8.C4H6O2.C3H4O2.C2H4/c1-2-8-6-4-3-5-7-8;1-3(2)4(5)6;1-2-3(4)5;1-2/h2-7H,1H2;1H2,2H3,(H,5,6);2H,1H2,(H,4,5);1-2H2. The topological polar surface area (TPSA) is 74.6 Å². The van der Waals surface area contributed by atoms with Gasteiger partial charge in [-0.05, 0) is 12.5 Å². The maximum atomic E-state index is 9.60. The van der Waals surface area contributed by atoms with Crippen LogP contribution < -0.4 is 0 Å². The van der Waals surface area contributed by atoms with Gasteiger partial charge < -0.3 is 10.2 Å². The second-order valence-electron chi connectivity index (χ2n) is 3.24. The fraction of sp³-hybridized carbons (Fsp3) is 0.0588. The molecule has 0 amide bonds. The zero-order valence-corrected chi connectivity index (χ0v) is 12.3. The van der Waals surface area contributed by atoms with E-state index < -0.39 is 11.9 Å². The number of benzene rings is 1.